The predicted octanol–water partition coefficient (Wildman–Crippen LogP) is 5.70. The lowest BCUT2D eigenvalue weighted by molar-refractivity contribution is 0.0497. The lowest BCUT2D eigenvalue weighted by Crippen LogP contribution is -2.47. The van der Waals surface area contributed by atoms with Gasteiger partial charge in [-0.25, -0.2) is 0 Å². The van der Waals surface area contributed by atoms with E-state index in [0.717, 1.165) is 62.2 Å². The van der Waals surface area contributed by atoms with Crippen LogP contribution < -0.4 is 0 Å². The number of alkyl halides is 2. The zero-order chi connectivity index (χ0) is 19.3. The molecule has 28 heavy (non-hydrogen) atoms. The van der Waals surface area contributed by atoms with Crippen molar-refractivity contribution in [2.75, 3.05) is 7.05 Å². The first-order valence-corrected chi connectivity index (χ1v) is 12.3. The highest BCUT2D eigenvalue weighted by Crippen LogP contribution is 2.52. The van der Waals surface area contributed by atoms with Crippen LogP contribution in [0.2, 0.25) is 0 Å². The summed E-state index contributed by atoms with van der Waals surface area (Å²) in [6.07, 6.45) is 13.0. The summed E-state index contributed by atoms with van der Waals surface area (Å²) >= 11 is 12.7. The van der Waals surface area contributed by atoms with Crippen LogP contribution in [-0.4, -0.2) is 44.9 Å². The van der Waals surface area contributed by atoms with Gasteiger partial charge in [-0.1, -0.05) is 5.16 Å². The number of nitrogens with zero attached hydrogens (tertiary/aromatic N) is 3. The highest BCUT2D eigenvalue weighted by molar-refractivity contribution is 6.20. The van der Waals surface area contributed by atoms with Gasteiger partial charge in [-0.15, -0.1) is 23.2 Å². The van der Waals surface area contributed by atoms with Gasteiger partial charge in [-0.3, -0.25) is 4.90 Å². The molecule has 2 bridgehead atoms. The molecule has 4 fully saturated rings. The number of hydrogen-bond acceptors (Lipinski definition) is 4. The van der Waals surface area contributed by atoms with E-state index in [1.54, 1.807) is 0 Å². The minimum atomic E-state index is 0.325. The second kappa shape index (κ2) is 8.07. The highest BCUT2D eigenvalue weighted by Gasteiger charge is 2.50. The molecular formula is C22H33Cl2N3O. The van der Waals surface area contributed by atoms with Gasteiger partial charge in [0.05, 0.1) is 5.92 Å². The molecule has 2 aliphatic heterocycles. The van der Waals surface area contributed by atoms with Crippen molar-refractivity contribution in [1.29, 1.82) is 0 Å². The molecule has 156 valence electrons. The fraction of sp³-hybridized carbons (Fsp3) is 0.909. The van der Waals surface area contributed by atoms with Gasteiger partial charge in [0.25, 0.3) is 0 Å². The molecule has 1 aromatic rings. The van der Waals surface area contributed by atoms with Crippen LogP contribution in [0.3, 0.4) is 0 Å². The van der Waals surface area contributed by atoms with E-state index in [0.29, 0.717) is 34.5 Å². The second-order valence-electron chi connectivity index (χ2n) is 9.84. The Kier molecular flexibility index (Phi) is 5.66. The van der Waals surface area contributed by atoms with Crippen molar-refractivity contribution in [3.63, 3.8) is 0 Å². The van der Waals surface area contributed by atoms with Crippen molar-refractivity contribution in [2.45, 2.75) is 105 Å². The summed E-state index contributed by atoms with van der Waals surface area (Å²) < 4.78 is 5.98. The molecule has 2 aliphatic carbocycles. The number of piperidine rings is 1. The smallest absolute Gasteiger partial charge is 0.231 e. The number of rotatable bonds is 3. The second-order valence-corrected chi connectivity index (χ2v) is 11.1. The van der Waals surface area contributed by atoms with Crippen LogP contribution >= 0.6 is 23.2 Å². The molecule has 0 radical (unpaired) electrons. The minimum Gasteiger partial charge on any atom is -0.339 e. The predicted molar refractivity (Wildman–Crippen MR) is 112 cm³/mol. The molecule has 4 aliphatic rings. The Hall–Kier alpha value is -0.320. The average Bonchev–Trinajstić information content (AvgIpc) is 3.26. The number of likely N-dealkylation sites (N-methyl/N-ethyl adjacent to an activating group) is 1. The average molecular weight is 426 g/mol. The fourth-order valence-electron chi connectivity index (χ4n) is 6.70. The Morgan fingerprint density at radius 2 is 1.57 bits per heavy atom. The molecule has 0 aromatic carbocycles. The van der Waals surface area contributed by atoms with Gasteiger partial charge in [-0.05, 0) is 89.5 Å². The summed E-state index contributed by atoms with van der Waals surface area (Å²) in [6, 6.07) is 1.30. The first kappa shape index (κ1) is 19.6. The van der Waals surface area contributed by atoms with Gasteiger partial charge in [0.15, 0.2) is 5.82 Å². The van der Waals surface area contributed by atoms with Crippen molar-refractivity contribution in [3.8, 4) is 0 Å². The van der Waals surface area contributed by atoms with Gasteiger partial charge < -0.3 is 4.52 Å². The molecular weight excluding hydrogens is 393 g/mol. The summed E-state index contributed by atoms with van der Waals surface area (Å²) in [7, 11) is 2.31. The molecule has 0 N–H and O–H groups in total. The first-order valence-electron chi connectivity index (χ1n) is 11.4. The molecule has 2 saturated heterocycles. The lowest BCUT2D eigenvalue weighted by atomic mass is 9.68. The van der Waals surface area contributed by atoms with E-state index < -0.39 is 0 Å². The zero-order valence-electron chi connectivity index (χ0n) is 16.9. The Balaban J connectivity index is 1.39. The van der Waals surface area contributed by atoms with Crippen molar-refractivity contribution in [1.82, 2.24) is 15.0 Å². The van der Waals surface area contributed by atoms with Gasteiger partial charge in [0.2, 0.25) is 5.89 Å². The molecule has 0 amide bonds. The van der Waals surface area contributed by atoms with Gasteiger partial charge in [-0.2, -0.15) is 4.98 Å². The maximum atomic E-state index is 6.41. The van der Waals surface area contributed by atoms with E-state index in [1.807, 2.05) is 0 Å². The topological polar surface area (TPSA) is 42.2 Å². The minimum absolute atomic E-state index is 0.325. The molecule has 4 unspecified atom stereocenters. The first-order chi connectivity index (χ1) is 13.6. The van der Waals surface area contributed by atoms with Crippen molar-refractivity contribution in [2.24, 2.45) is 11.8 Å². The summed E-state index contributed by atoms with van der Waals surface area (Å²) in [4.78, 5) is 7.63. The molecule has 2 saturated carbocycles. The van der Waals surface area contributed by atoms with E-state index in [-0.39, 0.29) is 0 Å². The van der Waals surface area contributed by atoms with Crippen molar-refractivity contribution < 1.29 is 4.52 Å². The van der Waals surface area contributed by atoms with E-state index in [9.17, 15) is 0 Å². The third-order valence-corrected chi connectivity index (χ3v) is 9.26. The SMILES string of the molecule is CN1C2CCC1C(c1nc(C3CCC(Cl)CC3)no1)C(C1CCC(Cl)CC1)C2. The number of halogens is 2. The highest BCUT2D eigenvalue weighted by atomic mass is 35.5. The molecule has 6 heteroatoms. The van der Waals surface area contributed by atoms with Crippen LogP contribution in [0.5, 0.6) is 0 Å². The van der Waals surface area contributed by atoms with Crippen LogP contribution in [-0.2, 0) is 0 Å². The summed E-state index contributed by atoms with van der Waals surface area (Å²) in [6.45, 7) is 0. The Morgan fingerprint density at radius 1 is 0.893 bits per heavy atom. The fourth-order valence-corrected chi connectivity index (χ4v) is 7.21. The van der Waals surface area contributed by atoms with Gasteiger partial charge in [0, 0.05) is 28.8 Å². The summed E-state index contributed by atoms with van der Waals surface area (Å²) in [5.41, 5.74) is 0. The van der Waals surface area contributed by atoms with Gasteiger partial charge in [0.1, 0.15) is 0 Å². The van der Waals surface area contributed by atoms with E-state index in [2.05, 4.69) is 17.1 Å². The molecule has 3 heterocycles. The van der Waals surface area contributed by atoms with Gasteiger partial charge >= 0.3 is 0 Å². The maximum Gasteiger partial charge on any atom is 0.231 e. The molecule has 5 rings (SSSR count). The maximum absolute atomic E-state index is 6.41. The monoisotopic (exact) mass is 425 g/mol. The molecule has 0 spiro atoms. The number of hydrogen-bond donors (Lipinski definition) is 0. The Labute approximate surface area is 178 Å². The standard InChI is InChI=1S/C22H33Cl2N3O/c1-27-17-10-11-19(27)20(18(12-17)13-2-6-15(23)7-3-13)22-25-21(26-28-22)14-4-8-16(24)9-5-14/h13-20H,2-12H2,1H3. The Bertz CT molecular complexity index is 666. The number of fused-ring (bicyclic) bond motifs is 2. The van der Waals surface area contributed by atoms with Crippen LogP contribution in [0, 0.1) is 11.8 Å². The third-order valence-electron chi connectivity index (χ3n) is 8.39. The Morgan fingerprint density at radius 3 is 2.29 bits per heavy atom. The van der Waals surface area contributed by atoms with Crippen LogP contribution in [0.25, 0.3) is 0 Å². The summed E-state index contributed by atoms with van der Waals surface area (Å²) in [5, 5.41) is 5.18. The largest absolute Gasteiger partial charge is 0.339 e. The molecule has 4 atom stereocenters. The third kappa shape index (κ3) is 3.63. The van der Waals surface area contributed by atoms with E-state index in [4.69, 9.17) is 32.7 Å². The quantitative estimate of drug-likeness (QED) is 0.582. The van der Waals surface area contributed by atoms with Crippen LogP contribution in [0.1, 0.15) is 94.2 Å². The van der Waals surface area contributed by atoms with Crippen molar-refractivity contribution >= 4 is 23.2 Å². The van der Waals surface area contributed by atoms with E-state index in [1.165, 1.54) is 32.1 Å². The molecule has 4 nitrogen and oxygen atoms in total. The van der Waals surface area contributed by atoms with E-state index >= 15 is 0 Å². The lowest BCUT2D eigenvalue weighted by Gasteiger charge is -2.45. The van der Waals surface area contributed by atoms with Crippen molar-refractivity contribution in [3.05, 3.63) is 11.7 Å². The van der Waals surface area contributed by atoms with Crippen LogP contribution in [0.15, 0.2) is 4.52 Å². The summed E-state index contributed by atoms with van der Waals surface area (Å²) in [5.74, 6) is 4.10. The zero-order valence-corrected chi connectivity index (χ0v) is 18.4. The van der Waals surface area contributed by atoms with Crippen LogP contribution in [0.4, 0.5) is 0 Å². The normalized spacial score (nSPS) is 44.7. The molecule has 1 aromatic heterocycles. The number of aromatic nitrogens is 2.